The molecule has 0 spiro atoms. The van der Waals surface area contributed by atoms with Crippen LogP contribution in [0.25, 0.3) is 5.57 Å². The van der Waals surface area contributed by atoms with Gasteiger partial charge in [-0.15, -0.1) is 0 Å². The second kappa shape index (κ2) is 6.09. The van der Waals surface area contributed by atoms with Gasteiger partial charge in [0.25, 0.3) is 0 Å². The van der Waals surface area contributed by atoms with Crippen LogP contribution in [-0.2, 0) is 6.18 Å². The summed E-state index contributed by atoms with van der Waals surface area (Å²) < 4.78 is 39.1. The largest absolute Gasteiger partial charge is 0.464 e. The van der Waals surface area contributed by atoms with Crippen LogP contribution < -0.4 is 4.90 Å². The van der Waals surface area contributed by atoms with E-state index in [1.807, 2.05) is 12.1 Å². The summed E-state index contributed by atoms with van der Waals surface area (Å²) in [5, 5.41) is 9.62. The fourth-order valence-corrected chi connectivity index (χ4v) is 4.46. The number of alkyl halides is 3. The molecule has 1 aliphatic carbocycles. The van der Waals surface area contributed by atoms with E-state index in [2.05, 4.69) is 6.08 Å². The summed E-state index contributed by atoms with van der Waals surface area (Å²) in [5.41, 5.74) is 2.12. The van der Waals surface area contributed by atoms with Crippen LogP contribution in [0.3, 0.4) is 0 Å². The molecule has 2 aliphatic rings. The molecule has 7 heteroatoms. The number of nitrogens with zero attached hydrogens (tertiary/aromatic N) is 1. The second-order valence-corrected chi connectivity index (χ2v) is 7.29. The van der Waals surface area contributed by atoms with Crippen molar-refractivity contribution in [3.8, 4) is 0 Å². The minimum atomic E-state index is -4.47. The Morgan fingerprint density at radius 1 is 1.08 bits per heavy atom. The Bertz CT molecular complexity index is 937. The number of anilines is 2. The molecule has 26 heavy (non-hydrogen) atoms. The molecule has 0 bridgehead atoms. The third-order valence-electron chi connectivity index (χ3n) is 4.55. The van der Waals surface area contributed by atoms with Crippen molar-refractivity contribution in [2.45, 2.75) is 35.2 Å². The number of hydrogen-bond donors (Lipinski definition) is 1. The molecule has 0 saturated carbocycles. The van der Waals surface area contributed by atoms with E-state index < -0.39 is 17.8 Å². The number of hydrogen-bond acceptors (Lipinski definition) is 2. The fraction of sp³-hybridized carbons (Fsp3) is 0.211. The lowest BCUT2D eigenvalue weighted by Crippen LogP contribution is -2.26. The van der Waals surface area contributed by atoms with Crippen molar-refractivity contribution in [1.82, 2.24) is 0 Å². The van der Waals surface area contributed by atoms with Crippen LogP contribution in [0.15, 0.2) is 52.3 Å². The Labute approximate surface area is 152 Å². The van der Waals surface area contributed by atoms with E-state index in [1.165, 1.54) is 23.4 Å². The van der Waals surface area contributed by atoms with Gasteiger partial charge >= 0.3 is 12.3 Å². The van der Waals surface area contributed by atoms with E-state index in [4.69, 9.17) is 0 Å². The summed E-state index contributed by atoms with van der Waals surface area (Å²) in [4.78, 5) is 13.8. The molecule has 0 radical (unpaired) electrons. The standard InChI is InChI=1S/C19H14F3NO2S/c20-19(21,22)13-6-8-15-17(10-13)26-16-9-12(11-3-1-2-4-11)5-7-14(16)23(15)18(24)25/h3,5-10H,1-2,4H2,(H,24,25). The molecule has 0 fully saturated rings. The summed E-state index contributed by atoms with van der Waals surface area (Å²) in [7, 11) is 0. The van der Waals surface area contributed by atoms with Gasteiger partial charge in [-0.1, -0.05) is 23.9 Å². The number of amides is 1. The highest BCUT2D eigenvalue weighted by Gasteiger charge is 2.34. The van der Waals surface area contributed by atoms with Crippen molar-refractivity contribution in [3.05, 3.63) is 53.6 Å². The first kappa shape index (κ1) is 17.0. The highest BCUT2D eigenvalue weighted by molar-refractivity contribution is 7.99. The first-order valence-corrected chi connectivity index (χ1v) is 8.92. The lowest BCUT2D eigenvalue weighted by Gasteiger charge is -2.29. The molecule has 2 aromatic carbocycles. The van der Waals surface area contributed by atoms with Gasteiger partial charge in [-0.25, -0.2) is 9.69 Å². The molecule has 0 unspecified atom stereocenters. The Hall–Kier alpha value is -2.41. The summed E-state index contributed by atoms with van der Waals surface area (Å²) in [6.07, 6.45) is -0.487. The molecule has 3 nitrogen and oxygen atoms in total. The molecule has 0 atom stereocenters. The summed E-state index contributed by atoms with van der Waals surface area (Å²) in [6.45, 7) is 0. The van der Waals surface area contributed by atoms with Crippen molar-refractivity contribution in [1.29, 1.82) is 0 Å². The molecule has 0 aromatic heterocycles. The van der Waals surface area contributed by atoms with Gasteiger partial charge in [0.15, 0.2) is 0 Å². The van der Waals surface area contributed by atoms with Crippen LogP contribution in [0.5, 0.6) is 0 Å². The highest BCUT2D eigenvalue weighted by atomic mass is 32.2. The molecular formula is C19H14F3NO2S. The average molecular weight is 377 g/mol. The van der Waals surface area contributed by atoms with Crippen LogP contribution in [-0.4, -0.2) is 11.2 Å². The predicted octanol–water partition coefficient (Wildman–Crippen LogP) is 6.55. The minimum Gasteiger partial charge on any atom is -0.464 e. The Kier molecular flexibility index (Phi) is 3.99. The maximum atomic E-state index is 13.0. The summed E-state index contributed by atoms with van der Waals surface area (Å²) in [5.74, 6) is 0. The van der Waals surface area contributed by atoms with Crippen molar-refractivity contribution < 1.29 is 23.1 Å². The van der Waals surface area contributed by atoms with E-state index in [9.17, 15) is 23.1 Å². The van der Waals surface area contributed by atoms with Gasteiger partial charge in [-0.05, 0) is 60.7 Å². The SMILES string of the molecule is O=C(O)N1c2ccc(C3=CCCC3)cc2Sc2cc(C(F)(F)F)ccc21. The van der Waals surface area contributed by atoms with Gasteiger partial charge < -0.3 is 5.11 Å². The smallest absolute Gasteiger partial charge is 0.416 e. The van der Waals surface area contributed by atoms with Gasteiger partial charge in [-0.3, -0.25) is 0 Å². The molecular weight excluding hydrogens is 363 g/mol. The molecule has 1 amide bonds. The molecule has 4 rings (SSSR count). The molecule has 2 aromatic rings. The molecule has 1 aliphatic heterocycles. The second-order valence-electron chi connectivity index (χ2n) is 6.20. The van der Waals surface area contributed by atoms with Crippen molar-refractivity contribution in [3.63, 3.8) is 0 Å². The van der Waals surface area contributed by atoms with Crippen molar-refractivity contribution in [2.24, 2.45) is 0 Å². The van der Waals surface area contributed by atoms with Gasteiger partial charge in [0.05, 0.1) is 16.9 Å². The topological polar surface area (TPSA) is 40.5 Å². The average Bonchev–Trinajstić information content (AvgIpc) is 3.12. The number of benzene rings is 2. The van der Waals surface area contributed by atoms with Crippen molar-refractivity contribution >= 4 is 34.8 Å². The van der Waals surface area contributed by atoms with Gasteiger partial charge in [0.1, 0.15) is 0 Å². The van der Waals surface area contributed by atoms with Crippen LogP contribution in [0.2, 0.25) is 0 Å². The molecule has 1 heterocycles. The Balaban J connectivity index is 1.82. The maximum Gasteiger partial charge on any atom is 0.416 e. The first-order chi connectivity index (χ1) is 12.3. The van der Waals surface area contributed by atoms with Crippen LogP contribution in [0.1, 0.15) is 30.4 Å². The van der Waals surface area contributed by atoms with E-state index in [0.29, 0.717) is 10.6 Å². The number of fused-ring (bicyclic) bond motifs is 2. The van der Waals surface area contributed by atoms with Crippen LogP contribution in [0, 0.1) is 0 Å². The lowest BCUT2D eigenvalue weighted by molar-refractivity contribution is -0.137. The lowest BCUT2D eigenvalue weighted by atomic mass is 10.0. The van der Waals surface area contributed by atoms with Gasteiger partial charge in [-0.2, -0.15) is 13.2 Å². The van der Waals surface area contributed by atoms with Gasteiger partial charge in [0, 0.05) is 9.79 Å². The van der Waals surface area contributed by atoms with E-state index in [0.717, 1.165) is 41.9 Å². The summed E-state index contributed by atoms with van der Waals surface area (Å²) in [6, 6.07) is 8.62. The third-order valence-corrected chi connectivity index (χ3v) is 5.65. The first-order valence-electron chi connectivity index (χ1n) is 8.10. The number of rotatable bonds is 1. The zero-order chi connectivity index (χ0) is 18.5. The number of allylic oxidation sites excluding steroid dienone is 2. The minimum absolute atomic E-state index is 0.246. The Morgan fingerprint density at radius 3 is 2.38 bits per heavy atom. The molecule has 134 valence electrons. The Morgan fingerprint density at radius 2 is 1.77 bits per heavy atom. The third kappa shape index (κ3) is 2.86. The number of carboxylic acid groups (broad SMARTS) is 1. The quantitative estimate of drug-likeness (QED) is 0.612. The monoisotopic (exact) mass is 377 g/mol. The normalized spacial score (nSPS) is 16.1. The van der Waals surface area contributed by atoms with E-state index >= 15 is 0 Å². The fourth-order valence-electron chi connectivity index (χ4n) is 3.32. The van der Waals surface area contributed by atoms with Crippen LogP contribution >= 0.6 is 11.8 Å². The highest BCUT2D eigenvalue weighted by Crippen LogP contribution is 2.50. The van der Waals surface area contributed by atoms with Crippen LogP contribution in [0.4, 0.5) is 29.3 Å². The molecule has 1 N–H and O–H groups in total. The van der Waals surface area contributed by atoms with Crippen molar-refractivity contribution in [2.75, 3.05) is 4.90 Å². The maximum absolute atomic E-state index is 13.0. The zero-order valence-corrected chi connectivity index (χ0v) is 14.3. The predicted molar refractivity (Wildman–Crippen MR) is 94.0 cm³/mol. The number of halogens is 3. The summed E-state index contributed by atoms with van der Waals surface area (Å²) >= 11 is 1.17. The van der Waals surface area contributed by atoms with Gasteiger partial charge in [0.2, 0.25) is 0 Å². The number of carbonyl (C=O) groups is 1. The van der Waals surface area contributed by atoms with E-state index in [1.54, 1.807) is 6.07 Å². The molecule has 0 saturated heterocycles. The zero-order valence-electron chi connectivity index (χ0n) is 13.5. The van der Waals surface area contributed by atoms with E-state index in [-0.39, 0.29) is 10.6 Å².